The average Bonchev–Trinajstić information content (AvgIpc) is 2.80. The lowest BCUT2D eigenvalue weighted by molar-refractivity contribution is -0.152. The predicted octanol–water partition coefficient (Wildman–Crippen LogP) is 3.21. The molecule has 3 aliphatic rings. The molecule has 2 bridgehead atoms. The number of nitrogens with zero attached hydrogens (tertiary/aromatic N) is 2. The molecule has 3 unspecified atom stereocenters. The van der Waals surface area contributed by atoms with Crippen molar-refractivity contribution in [1.29, 1.82) is 0 Å². The number of fused-ring (bicyclic) bond motifs is 6. The van der Waals surface area contributed by atoms with Crippen LogP contribution in [0.2, 0.25) is 0 Å². The summed E-state index contributed by atoms with van der Waals surface area (Å²) < 4.78 is 10.6. The van der Waals surface area contributed by atoms with E-state index in [-0.39, 0.29) is 29.9 Å². The van der Waals surface area contributed by atoms with E-state index in [0.717, 1.165) is 37.0 Å². The molecule has 2 amide bonds. The molecular weight excluding hydrogens is 380 g/mol. The predicted molar refractivity (Wildman–Crippen MR) is 112 cm³/mol. The average molecular weight is 406 g/mol. The van der Waals surface area contributed by atoms with E-state index in [1.807, 2.05) is 15.9 Å². The number of carbonyl (C=O) groups excluding carboxylic acids is 2. The molecule has 0 saturated carbocycles. The lowest BCUT2D eigenvalue weighted by atomic mass is 9.78. The van der Waals surface area contributed by atoms with Crippen molar-refractivity contribution >= 4 is 11.8 Å². The van der Waals surface area contributed by atoms with Crippen molar-refractivity contribution in [1.82, 2.24) is 9.80 Å². The van der Waals surface area contributed by atoms with Crippen LogP contribution in [0.4, 0.5) is 0 Å². The van der Waals surface area contributed by atoms with Crippen LogP contribution in [-0.4, -0.2) is 54.5 Å². The monoisotopic (exact) mass is 406 g/mol. The third-order valence-electron chi connectivity index (χ3n) is 6.80. The van der Waals surface area contributed by atoms with E-state index in [0.29, 0.717) is 17.9 Å². The topological polar surface area (TPSA) is 59.1 Å². The minimum Gasteiger partial charge on any atom is -0.497 e. The van der Waals surface area contributed by atoms with E-state index < -0.39 is 0 Å². The number of amides is 2. The van der Waals surface area contributed by atoms with E-state index in [4.69, 9.17) is 9.47 Å². The SMILES string of the molecule is COc1ccc(C(=O)N2C3CCCC2C2c4ccc(OC)cc4CCN2C3=O)cc1. The van der Waals surface area contributed by atoms with Gasteiger partial charge in [-0.1, -0.05) is 6.07 Å². The molecule has 2 aromatic rings. The van der Waals surface area contributed by atoms with Crippen molar-refractivity contribution in [3.05, 3.63) is 59.2 Å². The van der Waals surface area contributed by atoms with Gasteiger partial charge in [-0.05, 0) is 73.2 Å². The molecule has 156 valence electrons. The summed E-state index contributed by atoms with van der Waals surface area (Å²) in [6, 6.07) is 12.8. The maximum absolute atomic E-state index is 13.5. The number of piperazine rings is 1. The van der Waals surface area contributed by atoms with Gasteiger partial charge in [0, 0.05) is 12.1 Å². The van der Waals surface area contributed by atoms with Crippen LogP contribution >= 0.6 is 0 Å². The molecule has 5 rings (SSSR count). The van der Waals surface area contributed by atoms with Crippen molar-refractivity contribution in [3.63, 3.8) is 0 Å². The molecule has 0 spiro atoms. The Bertz CT molecular complexity index is 987. The Balaban J connectivity index is 1.55. The van der Waals surface area contributed by atoms with Crippen LogP contribution < -0.4 is 9.47 Å². The first-order valence-electron chi connectivity index (χ1n) is 10.6. The zero-order chi connectivity index (χ0) is 20.8. The van der Waals surface area contributed by atoms with Crippen LogP contribution in [0.1, 0.15) is 46.8 Å². The van der Waals surface area contributed by atoms with Gasteiger partial charge in [0.1, 0.15) is 17.5 Å². The molecule has 2 aromatic carbocycles. The number of methoxy groups -OCH3 is 2. The molecule has 2 fully saturated rings. The number of hydrogen-bond donors (Lipinski definition) is 0. The van der Waals surface area contributed by atoms with Crippen molar-refractivity contribution in [3.8, 4) is 11.5 Å². The van der Waals surface area contributed by atoms with Crippen LogP contribution in [0, 0.1) is 0 Å². The summed E-state index contributed by atoms with van der Waals surface area (Å²) in [6.45, 7) is 0.696. The van der Waals surface area contributed by atoms with E-state index in [9.17, 15) is 9.59 Å². The number of ether oxygens (including phenoxy) is 2. The standard InChI is InChI=1S/C24H26N2O4/c1-29-17-8-6-15(7-9-17)23(27)26-20-4-3-5-21(26)24(28)25-13-12-16-14-18(30-2)10-11-19(16)22(20)25/h6-11,14,20-22H,3-5,12-13H2,1-2H3. The van der Waals surface area contributed by atoms with Crippen molar-refractivity contribution in [2.75, 3.05) is 20.8 Å². The number of hydrogen-bond acceptors (Lipinski definition) is 4. The summed E-state index contributed by atoms with van der Waals surface area (Å²) >= 11 is 0. The number of benzene rings is 2. The lowest BCUT2D eigenvalue weighted by Crippen LogP contribution is -2.67. The van der Waals surface area contributed by atoms with Gasteiger partial charge in [0.15, 0.2) is 0 Å². The molecule has 2 saturated heterocycles. The van der Waals surface area contributed by atoms with Gasteiger partial charge in [0.25, 0.3) is 5.91 Å². The first kappa shape index (κ1) is 19.0. The second-order valence-corrected chi connectivity index (χ2v) is 8.25. The molecule has 6 nitrogen and oxygen atoms in total. The fourth-order valence-electron chi connectivity index (χ4n) is 5.37. The van der Waals surface area contributed by atoms with Gasteiger partial charge in [-0.15, -0.1) is 0 Å². The Morgan fingerprint density at radius 1 is 1.00 bits per heavy atom. The highest BCUT2D eigenvalue weighted by Crippen LogP contribution is 2.45. The van der Waals surface area contributed by atoms with E-state index in [1.54, 1.807) is 38.5 Å². The molecule has 6 heteroatoms. The molecule has 0 aliphatic carbocycles. The maximum atomic E-state index is 13.5. The third-order valence-corrected chi connectivity index (χ3v) is 6.80. The van der Waals surface area contributed by atoms with Gasteiger partial charge >= 0.3 is 0 Å². The normalized spacial score (nSPS) is 24.7. The van der Waals surface area contributed by atoms with Gasteiger partial charge in [0.05, 0.1) is 26.3 Å². The first-order chi connectivity index (χ1) is 14.6. The third kappa shape index (κ3) is 2.85. The van der Waals surface area contributed by atoms with Crippen LogP contribution in [0.3, 0.4) is 0 Å². The minimum absolute atomic E-state index is 0.0107. The lowest BCUT2D eigenvalue weighted by Gasteiger charge is -2.55. The number of rotatable bonds is 3. The van der Waals surface area contributed by atoms with E-state index in [2.05, 4.69) is 12.1 Å². The van der Waals surface area contributed by atoms with Crippen LogP contribution in [0.5, 0.6) is 11.5 Å². The fraction of sp³-hybridized carbons (Fsp3) is 0.417. The Hall–Kier alpha value is -3.02. The number of carbonyl (C=O) groups is 2. The summed E-state index contributed by atoms with van der Waals surface area (Å²) in [7, 11) is 3.27. The van der Waals surface area contributed by atoms with Gasteiger partial charge in [-0.25, -0.2) is 0 Å². The molecule has 0 N–H and O–H groups in total. The van der Waals surface area contributed by atoms with Gasteiger partial charge in [-0.2, -0.15) is 0 Å². The largest absolute Gasteiger partial charge is 0.497 e. The van der Waals surface area contributed by atoms with Gasteiger partial charge in [0.2, 0.25) is 5.91 Å². The molecule has 0 aromatic heterocycles. The molecule has 3 heterocycles. The Morgan fingerprint density at radius 3 is 2.47 bits per heavy atom. The fourth-order valence-corrected chi connectivity index (χ4v) is 5.37. The molecule has 0 radical (unpaired) electrons. The van der Waals surface area contributed by atoms with E-state index >= 15 is 0 Å². The van der Waals surface area contributed by atoms with Gasteiger partial charge < -0.3 is 19.3 Å². The second-order valence-electron chi connectivity index (χ2n) is 8.25. The van der Waals surface area contributed by atoms with Crippen LogP contribution in [0.25, 0.3) is 0 Å². The first-order valence-corrected chi connectivity index (χ1v) is 10.6. The molecular formula is C24H26N2O4. The van der Waals surface area contributed by atoms with E-state index in [1.165, 1.54) is 5.56 Å². The molecule has 3 aliphatic heterocycles. The molecule has 3 atom stereocenters. The Kier molecular flexibility index (Phi) is 4.65. The highest BCUT2D eigenvalue weighted by atomic mass is 16.5. The molecule has 30 heavy (non-hydrogen) atoms. The van der Waals surface area contributed by atoms with Gasteiger partial charge in [-0.3, -0.25) is 9.59 Å². The zero-order valence-electron chi connectivity index (χ0n) is 17.3. The maximum Gasteiger partial charge on any atom is 0.254 e. The minimum atomic E-state index is -0.366. The summed E-state index contributed by atoms with van der Waals surface area (Å²) in [4.78, 5) is 30.9. The summed E-state index contributed by atoms with van der Waals surface area (Å²) in [6.07, 6.45) is 3.41. The summed E-state index contributed by atoms with van der Waals surface area (Å²) in [5.74, 6) is 1.56. The Labute approximate surface area is 176 Å². The smallest absolute Gasteiger partial charge is 0.254 e. The number of piperidine rings is 1. The van der Waals surface area contributed by atoms with Crippen molar-refractivity contribution in [2.45, 2.75) is 43.8 Å². The van der Waals surface area contributed by atoms with Crippen molar-refractivity contribution < 1.29 is 19.1 Å². The highest BCUT2D eigenvalue weighted by Gasteiger charge is 2.52. The van der Waals surface area contributed by atoms with Crippen LogP contribution in [-0.2, 0) is 11.2 Å². The zero-order valence-corrected chi connectivity index (χ0v) is 17.3. The van der Waals surface area contributed by atoms with Crippen molar-refractivity contribution in [2.24, 2.45) is 0 Å². The summed E-state index contributed by atoms with van der Waals surface area (Å²) in [5.41, 5.74) is 2.96. The summed E-state index contributed by atoms with van der Waals surface area (Å²) in [5, 5.41) is 0. The second kappa shape index (κ2) is 7.35. The Morgan fingerprint density at radius 2 is 1.73 bits per heavy atom. The quantitative estimate of drug-likeness (QED) is 0.786. The van der Waals surface area contributed by atoms with Crippen LogP contribution in [0.15, 0.2) is 42.5 Å². The highest BCUT2D eigenvalue weighted by molar-refractivity contribution is 5.99.